The number of methoxy groups -OCH3 is 1. The predicted octanol–water partition coefficient (Wildman–Crippen LogP) is -6.71. The average molecular weight is 372 g/mol. The van der Waals surface area contributed by atoms with Crippen LogP contribution in [0.3, 0.4) is 0 Å². The zero-order chi connectivity index (χ0) is 14.1. The fourth-order valence-electron chi connectivity index (χ4n) is 1.10. The van der Waals surface area contributed by atoms with Gasteiger partial charge in [0, 0.05) is 0 Å². The molecule has 1 rings (SSSR count). The molecule has 0 saturated heterocycles. The van der Waals surface area contributed by atoms with Crippen molar-refractivity contribution in [2.75, 3.05) is 7.11 Å². The smallest absolute Gasteiger partial charge is 0.744 e. The van der Waals surface area contributed by atoms with Crippen LogP contribution in [0, 0.1) is 0 Å². The van der Waals surface area contributed by atoms with Crippen LogP contribution in [0.15, 0.2) is 28.0 Å². The molecule has 0 atom stereocenters. The van der Waals surface area contributed by atoms with Gasteiger partial charge < -0.3 is 13.8 Å². The van der Waals surface area contributed by atoms with Gasteiger partial charge in [0.05, 0.1) is 22.5 Å². The van der Waals surface area contributed by atoms with Gasteiger partial charge in [0.2, 0.25) is 0 Å². The summed E-state index contributed by atoms with van der Waals surface area (Å²) in [7, 11) is -9.06. The Kier molecular flexibility index (Phi) is 11.0. The summed E-state index contributed by atoms with van der Waals surface area (Å²) < 4.78 is 68.9. The van der Waals surface area contributed by atoms with E-state index in [9.17, 15) is 30.7 Å². The van der Waals surface area contributed by atoms with Crippen LogP contribution in [0.25, 0.3) is 0 Å². The average Bonchev–Trinajstić information content (AvgIpc) is 2.25. The van der Waals surface area contributed by atoms with Crippen LogP contribution in [0.2, 0.25) is 0 Å². The normalized spacial score (nSPS) is 10.9. The van der Waals surface area contributed by atoms with Gasteiger partial charge in [-0.25, -0.2) is 21.6 Å². The van der Waals surface area contributed by atoms with Crippen LogP contribution in [-0.4, -0.2) is 39.0 Å². The third-order valence-corrected chi connectivity index (χ3v) is 3.50. The van der Waals surface area contributed by atoms with Crippen LogP contribution in [-0.2, 0) is 25.0 Å². The maximum atomic E-state index is 11.2. The molecule has 0 aliphatic rings. The molecular formula is C8H6K2O8S2. The van der Waals surface area contributed by atoms with Crippen molar-refractivity contribution in [2.24, 2.45) is 0 Å². The minimum absolute atomic E-state index is 0. The third-order valence-electron chi connectivity index (χ3n) is 1.88. The zero-order valence-electron chi connectivity index (χ0n) is 10.8. The van der Waals surface area contributed by atoms with Crippen molar-refractivity contribution in [1.82, 2.24) is 0 Å². The SMILES string of the molecule is COC(=O)c1cc(S(=O)(=O)[O-])cc(S(=O)(=O)[O-])c1.[K+].[K+]. The van der Waals surface area contributed by atoms with E-state index in [2.05, 4.69) is 4.74 Å². The number of ether oxygens (including phenoxy) is 1. The Morgan fingerprint density at radius 2 is 1.30 bits per heavy atom. The summed E-state index contributed by atoms with van der Waals surface area (Å²) >= 11 is 0. The second-order valence-corrected chi connectivity index (χ2v) is 5.85. The van der Waals surface area contributed by atoms with E-state index in [1.807, 2.05) is 0 Å². The second-order valence-electron chi connectivity index (χ2n) is 3.09. The predicted molar refractivity (Wildman–Crippen MR) is 53.7 cm³/mol. The van der Waals surface area contributed by atoms with Gasteiger partial charge in [-0.3, -0.25) is 0 Å². The van der Waals surface area contributed by atoms with Gasteiger partial charge >= 0.3 is 109 Å². The van der Waals surface area contributed by atoms with Crippen molar-refractivity contribution >= 4 is 26.2 Å². The molecule has 0 radical (unpaired) electrons. The number of hydrogen-bond acceptors (Lipinski definition) is 8. The minimum Gasteiger partial charge on any atom is -0.744 e. The molecule has 0 spiro atoms. The van der Waals surface area contributed by atoms with Crippen LogP contribution in [0.5, 0.6) is 0 Å². The van der Waals surface area contributed by atoms with E-state index < -0.39 is 41.6 Å². The van der Waals surface area contributed by atoms with E-state index in [0.717, 1.165) is 7.11 Å². The van der Waals surface area contributed by atoms with E-state index >= 15 is 0 Å². The molecule has 0 N–H and O–H groups in total. The summed E-state index contributed by atoms with van der Waals surface area (Å²) in [4.78, 5) is 9.16. The summed E-state index contributed by atoms with van der Waals surface area (Å²) in [6.07, 6.45) is 0. The molecule has 0 aliphatic heterocycles. The van der Waals surface area contributed by atoms with Gasteiger partial charge in [0.1, 0.15) is 20.2 Å². The topological polar surface area (TPSA) is 141 Å². The van der Waals surface area contributed by atoms with Crippen molar-refractivity contribution < 1.29 is 138 Å². The number of hydrogen-bond donors (Lipinski definition) is 0. The standard InChI is InChI=1S/C8H8O8S2.2K/c1-16-8(9)5-2-6(17(10,11)12)4-7(3-5)18(13,14)15;;/h2-4H,1H3,(H,10,11,12)(H,13,14,15);;/q;2*+1/p-2. The van der Waals surface area contributed by atoms with Gasteiger partial charge in [-0.05, 0) is 18.2 Å². The number of rotatable bonds is 3. The zero-order valence-corrected chi connectivity index (χ0v) is 18.7. The molecule has 0 amide bonds. The largest absolute Gasteiger partial charge is 1.00 e. The maximum absolute atomic E-state index is 11.2. The molecule has 0 fully saturated rings. The van der Waals surface area contributed by atoms with Gasteiger partial charge in [0.15, 0.2) is 0 Å². The molecule has 0 aliphatic carbocycles. The van der Waals surface area contributed by atoms with Crippen molar-refractivity contribution in [2.45, 2.75) is 9.79 Å². The third kappa shape index (κ3) is 6.91. The summed E-state index contributed by atoms with van der Waals surface area (Å²) in [5, 5.41) is 0. The number of benzene rings is 1. The number of carbonyl (C=O) groups excluding carboxylic acids is 1. The van der Waals surface area contributed by atoms with Crippen LogP contribution in [0.1, 0.15) is 10.4 Å². The molecule has 0 heterocycles. The molecule has 0 aromatic heterocycles. The molecule has 1 aromatic carbocycles. The van der Waals surface area contributed by atoms with E-state index in [4.69, 9.17) is 0 Å². The van der Waals surface area contributed by atoms with Gasteiger partial charge in [-0.15, -0.1) is 0 Å². The first-order valence-corrected chi connectivity index (χ1v) is 7.02. The molecule has 1 aromatic rings. The number of esters is 1. The second kappa shape index (κ2) is 9.17. The van der Waals surface area contributed by atoms with Crippen LogP contribution < -0.4 is 103 Å². The van der Waals surface area contributed by atoms with Crippen molar-refractivity contribution in [1.29, 1.82) is 0 Å². The quantitative estimate of drug-likeness (QED) is 0.290. The summed E-state index contributed by atoms with van der Waals surface area (Å²) in [6, 6.07) is 1.64. The summed E-state index contributed by atoms with van der Waals surface area (Å²) in [6.45, 7) is 0. The van der Waals surface area contributed by atoms with E-state index in [1.165, 1.54) is 0 Å². The molecule has 8 nitrogen and oxygen atoms in total. The fourth-order valence-corrected chi connectivity index (χ4v) is 2.26. The first kappa shape index (κ1) is 24.0. The van der Waals surface area contributed by atoms with Crippen LogP contribution in [0.4, 0.5) is 0 Å². The number of carbonyl (C=O) groups is 1. The Morgan fingerprint density at radius 3 is 1.55 bits per heavy atom. The summed E-state index contributed by atoms with van der Waals surface area (Å²) in [5.74, 6) is -1.08. The molecule has 100 valence electrons. The van der Waals surface area contributed by atoms with Crippen molar-refractivity contribution in [3.05, 3.63) is 23.8 Å². The molecular weight excluding hydrogens is 366 g/mol. The molecule has 0 saturated carbocycles. The Balaban J connectivity index is 0. The van der Waals surface area contributed by atoms with E-state index in [-0.39, 0.29) is 103 Å². The molecule has 0 bridgehead atoms. The van der Waals surface area contributed by atoms with E-state index in [1.54, 1.807) is 0 Å². The monoisotopic (exact) mass is 372 g/mol. The molecule has 0 unspecified atom stereocenters. The van der Waals surface area contributed by atoms with Gasteiger partial charge in [-0.2, -0.15) is 0 Å². The molecule has 12 heteroatoms. The van der Waals surface area contributed by atoms with E-state index in [0.29, 0.717) is 18.2 Å². The van der Waals surface area contributed by atoms with Gasteiger partial charge in [0.25, 0.3) is 0 Å². The van der Waals surface area contributed by atoms with Crippen molar-refractivity contribution in [3.63, 3.8) is 0 Å². The van der Waals surface area contributed by atoms with Crippen molar-refractivity contribution in [3.8, 4) is 0 Å². The Labute approximate surface area is 201 Å². The summed E-state index contributed by atoms with van der Waals surface area (Å²) in [5.41, 5.74) is -0.524. The maximum Gasteiger partial charge on any atom is 1.00 e. The fraction of sp³-hybridized carbons (Fsp3) is 0.125. The first-order valence-electron chi connectivity index (χ1n) is 4.21. The molecule has 20 heavy (non-hydrogen) atoms. The Bertz CT molecular complexity index is 645. The Hall–Kier alpha value is 1.78. The van der Waals surface area contributed by atoms with Gasteiger partial charge in [-0.1, -0.05) is 0 Å². The minimum atomic E-state index is -5.01. The van der Waals surface area contributed by atoms with Crippen LogP contribution >= 0.6 is 0 Å². The Morgan fingerprint density at radius 1 is 0.950 bits per heavy atom. The first-order chi connectivity index (χ1) is 8.05.